The summed E-state index contributed by atoms with van der Waals surface area (Å²) in [6.07, 6.45) is 0. The van der Waals surface area contributed by atoms with Gasteiger partial charge in [-0.25, -0.2) is 4.98 Å². The Balaban J connectivity index is 1.73. The first-order valence-electron chi connectivity index (χ1n) is 12.9. The second-order valence-corrected chi connectivity index (χ2v) is 13.2. The smallest absolute Gasteiger partial charge is 0.187 e. The van der Waals surface area contributed by atoms with E-state index in [1.807, 2.05) is 18.2 Å². The van der Waals surface area contributed by atoms with E-state index in [1.165, 1.54) is 15.9 Å². The molecule has 0 saturated carbocycles. The summed E-state index contributed by atoms with van der Waals surface area (Å²) in [5.74, 6) is 0.837. The number of H-pyrrole nitrogens is 1. The average Bonchev–Trinajstić information content (AvgIpc) is 3.40. The molecule has 0 unspecified atom stereocenters. The van der Waals surface area contributed by atoms with Crippen LogP contribution < -0.4 is 21.2 Å². The highest BCUT2D eigenvalue weighted by molar-refractivity contribution is 8.02. The zero-order valence-electron chi connectivity index (χ0n) is 21.1. The summed E-state index contributed by atoms with van der Waals surface area (Å²) in [5, 5.41) is 4.78. The molecular formula is C34H25N3PS+. The second kappa shape index (κ2) is 9.74. The number of nitrogens with zero attached hydrogens (tertiary/aromatic N) is 2. The Kier molecular flexibility index (Phi) is 5.93. The van der Waals surface area contributed by atoms with E-state index in [0.29, 0.717) is 4.64 Å². The topological polar surface area (TPSA) is 33.1 Å². The molecule has 0 atom stereocenters. The number of nitrogens with one attached hydrogen (secondary N) is 1. The average molecular weight is 539 g/mol. The molecular weight excluding hydrogens is 513 g/mol. The fourth-order valence-electron chi connectivity index (χ4n) is 5.64. The van der Waals surface area contributed by atoms with E-state index in [0.717, 1.165) is 33.4 Å². The molecule has 7 rings (SSSR count). The molecule has 0 radical (unpaired) electrons. The van der Waals surface area contributed by atoms with Crippen LogP contribution in [-0.4, -0.2) is 14.4 Å². The van der Waals surface area contributed by atoms with E-state index in [2.05, 4.69) is 137 Å². The van der Waals surface area contributed by atoms with E-state index in [4.69, 9.17) is 17.2 Å². The van der Waals surface area contributed by atoms with Crippen LogP contribution in [0.25, 0.3) is 28.1 Å². The van der Waals surface area contributed by atoms with Crippen molar-refractivity contribution in [1.29, 1.82) is 0 Å². The molecule has 7 aromatic rings. The summed E-state index contributed by atoms with van der Waals surface area (Å²) in [5.41, 5.74) is 4.13. The van der Waals surface area contributed by atoms with Gasteiger partial charge in [-0.1, -0.05) is 109 Å². The van der Waals surface area contributed by atoms with Crippen LogP contribution in [0.3, 0.4) is 0 Å². The van der Waals surface area contributed by atoms with Gasteiger partial charge >= 0.3 is 0 Å². The molecule has 0 aliphatic rings. The number of para-hydroxylation sites is 2. The predicted octanol–water partition coefficient (Wildman–Crippen LogP) is 6.83. The van der Waals surface area contributed by atoms with Crippen molar-refractivity contribution in [3.8, 4) is 11.4 Å². The lowest BCUT2D eigenvalue weighted by Gasteiger charge is -2.28. The fraction of sp³-hybridized carbons (Fsp3) is 0. The van der Waals surface area contributed by atoms with Crippen LogP contribution in [0.4, 0.5) is 0 Å². The van der Waals surface area contributed by atoms with Gasteiger partial charge in [0.1, 0.15) is 21.7 Å². The minimum atomic E-state index is -2.47. The number of benzene rings is 5. The molecule has 2 heterocycles. The largest absolute Gasteiger partial charge is 0.336 e. The molecule has 0 amide bonds. The number of fused-ring (bicyclic) bond motifs is 3. The van der Waals surface area contributed by atoms with Gasteiger partial charge in [-0.05, 0) is 48.5 Å². The van der Waals surface area contributed by atoms with Crippen molar-refractivity contribution in [3.63, 3.8) is 0 Å². The van der Waals surface area contributed by atoms with Gasteiger partial charge in [-0.3, -0.25) is 4.40 Å². The summed E-state index contributed by atoms with van der Waals surface area (Å²) in [6, 6.07) is 51.2. The van der Waals surface area contributed by atoms with E-state index in [1.54, 1.807) is 0 Å². The molecule has 0 fully saturated rings. The number of aromatic nitrogens is 3. The van der Waals surface area contributed by atoms with Crippen LogP contribution in [0.1, 0.15) is 0 Å². The third-order valence-electron chi connectivity index (χ3n) is 7.27. The highest BCUT2D eigenvalue weighted by atomic mass is 32.1. The summed E-state index contributed by atoms with van der Waals surface area (Å²) >= 11 is 6.30. The van der Waals surface area contributed by atoms with Gasteiger partial charge in [0.05, 0.1) is 11.0 Å². The number of hydrogen-bond donors (Lipinski definition) is 1. The highest BCUT2D eigenvalue weighted by Crippen LogP contribution is 2.55. The van der Waals surface area contributed by atoms with Crippen molar-refractivity contribution in [1.82, 2.24) is 14.4 Å². The lowest BCUT2D eigenvalue weighted by atomic mass is 10.2. The van der Waals surface area contributed by atoms with E-state index in [-0.39, 0.29) is 0 Å². The van der Waals surface area contributed by atoms with Crippen LogP contribution in [0.15, 0.2) is 146 Å². The van der Waals surface area contributed by atoms with Gasteiger partial charge in [0.2, 0.25) is 0 Å². The molecule has 3 nitrogen and oxygen atoms in total. The number of imidazole rings is 1. The van der Waals surface area contributed by atoms with Gasteiger partial charge in [-0.15, -0.1) is 0 Å². The maximum Gasteiger partial charge on any atom is 0.187 e. The van der Waals surface area contributed by atoms with Gasteiger partial charge in [0.25, 0.3) is 0 Å². The Hall–Kier alpha value is -4.37. The second-order valence-electron chi connectivity index (χ2n) is 9.46. The summed E-state index contributed by atoms with van der Waals surface area (Å²) in [7, 11) is -2.47. The lowest BCUT2D eigenvalue weighted by Crippen LogP contribution is -2.40. The van der Waals surface area contributed by atoms with E-state index >= 15 is 0 Å². The van der Waals surface area contributed by atoms with Crippen LogP contribution in [0, 0.1) is 4.64 Å². The van der Waals surface area contributed by atoms with Crippen molar-refractivity contribution >= 4 is 57.4 Å². The first-order chi connectivity index (χ1) is 19.3. The maximum absolute atomic E-state index is 6.30. The van der Waals surface area contributed by atoms with E-state index < -0.39 is 7.26 Å². The molecule has 1 N–H and O–H groups in total. The molecule has 0 spiro atoms. The summed E-state index contributed by atoms with van der Waals surface area (Å²) in [6.45, 7) is 0. The minimum Gasteiger partial charge on any atom is -0.336 e. The first kappa shape index (κ1) is 23.7. The Bertz CT molecular complexity index is 1870. The van der Waals surface area contributed by atoms with Crippen molar-refractivity contribution < 1.29 is 0 Å². The van der Waals surface area contributed by atoms with Crippen molar-refractivity contribution in [2.75, 3.05) is 0 Å². The van der Waals surface area contributed by atoms with Crippen molar-refractivity contribution in [2.45, 2.75) is 0 Å². The zero-order chi connectivity index (χ0) is 26.2. The van der Waals surface area contributed by atoms with Crippen LogP contribution in [0.2, 0.25) is 0 Å². The van der Waals surface area contributed by atoms with Crippen LogP contribution >= 0.6 is 19.5 Å². The molecule has 5 heteroatoms. The van der Waals surface area contributed by atoms with Crippen molar-refractivity contribution in [2.24, 2.45) is 0 Å². The predicted molar refractivity (Wildman–Crippen MR) is 168 cm³/mol. The van der Waals surface area contributed by atoms with Gasteiger partial charge in [0.15, 0.2) is 22.9 Å². The highest BCUT2D eigenvalue weighted by Gasteiger charge is 2.51. The molecule has 5 aromatic carbocycles. The zero-order valence-corrected chi connectivity index (χ0v) is 22.8. The number of hydrogen-bond acceptors (Lipinski definition) is 2. The summed E-state index contributed by atoms with van der Waals surface area (Å²) in [4.78, 5) is 9.02. The van der Waals surface area contributed by atoms with Gasteiger partial charge in [-0.2, -0.15) is 0 Å². The monoisotopic (exact) mass is 538 g/mol. The standard InChI is InChI=1S/C34H24N3PS/c39-34-31(33-35-29-23-13-14-24-30(29)37(33)32(36-34)25-15-5-1-6-16-25)38(26-17-7-2-8-18-26,27-19-9-3-10-20-27)28-21-11-4-12-22-28/h1-24H/p+1. The third-order valence-corrected chi connectivity index (χ3v) is 12.0. The molecule has 0 saturated heterocycles. The fourth-order valence-corrected chi connectivity index (χ4v) is 10.6. The maximum atomic E-state index is 6.30. The Labute approximate surface area is 232 Å². The Morgan fingerprint density at radius 3 is 1.56 bits per heavy atom. The molecule has 39 heavy (non-hydrogen) atoms. The SMILES string of the molecule is S=c1nc(-c2ccccc2)n2c([nH]c3ccccc32)c1[P+](c1ccccc1)(c1ccccc1)c1ccccc1. The number of aromatic amines is 1. The minimum absolute atomic E-state index is 0.616. The molecule has 0 aliphatic heterocycles. The molecule has 186 valence electrons. The quantitative estimate of drug-likeness (QED) is 0.192. The summed E-state index contributed by atoms with van der Waals surface area (Å²) < 4.78 is 2.88. The Morgan fingerprint density at radius 1 is 0.564 bits per heavy atom. The lowest BCUT2D eigenvalue weighted by molar-refractivity contribution is 1.13. The Morgan fingerprint density at radius 2 is 1.03 bits per heavy atom. The van der Waals surface area contributed by atoms with Crippen molar-refractivity contribution in [3.05, 3.63) is 150 Å². The first-order valence-corrected chi connectivity index (χ1v) is 15.1. The van der Waals surface area contributed by atoms with Crippen LogP contribution in [0.5, 0.6) is 0 Å². The molecule has 2 aromatic heterocycles. The van der Waals surface area contributed by atoms with Gasteiger partial charge < -0.3 is 4.98 Å². The third kappa shape index (κ3) is 3.76. The molecule has 0 bridgehead atoms. The number of rotatable bonds is 5. The van der Waals surface area contributed by atoms with Crippen LogP contribution in [-0.2, 0) is 0 Å². The van der Waals surface area contributed by atoms with Gasteiger partial charge in [0, 0.05) is 5.56 Å². The molecule has 0 aliphatic carbocycles. The van der Waals surface area contributed by atoms with E-state index in [9.17, 15) is 0 Å². The normalized spacial score (nSPS) is 11.7.